The fourth-order valence-corrected chi connectivity index (χ4v) is 4.97. The first-order chi connectivity index (χ1) is 17.4. The molecular weight excluding hydrogens is 479 g/mol. The minimum Gasteiger partial charge on any atom is -0.493 e. The zero-order valence-corrected chi connectivity index (χ0v) is 20.4. The summed E-state index contributed by atoms with van der Waals surface area (Å²) in [7, 11) is 0. The van der Waals surface area contributed by atoms with Crippen LogP contribution in [0.1, 0.15) is 24.0 Å². The molecule has 0 spiro atoms. The number of rotatable bonds is 6. The Morgan fingerprint density at radius 1 is 1.00 bits per heavy atom. The van der Waals surface area contributed by atoms with Crippen molar-refractivity contribution in [1.82, 2.24) is 15.3 Å². The summed E-state index contributed by atoms with van der Waals surface area (Å²) < 4.78 is 13.8. The number of nitrogens with one attached hydrogen (secondary N) is 1. The molecule has 0 unspecified atom stereocenters. The van der Waals surface area contributed by atoms with E-state index < -0.39 is 11.2 Å². The summed E-state index contributed by atoms with van der Waals surface area (Å²) in [5, 5.41) is 13.7. The first kappa shape index (κ1) is 24.0. The molecule has 1 amide bonds. The Morgan fingerprint density at radius 2 is 1.64 bits per heavy atom. The first-order valence-corrected chi connectivity index (χ1v) is 12.3. The number of nitrogens with zero attached hydrogens (tertiary/aromatic N) is 3. The van der Waals surface area contributed by atoms with Crippen molar-refractivity contribution in [2.45, 2.75) is 25.8 Å². The van der Waals surface area contributed by atoms with Crippen LogP contribution >= 0.6 is 11.6 Å². The molecule has 0 aliphatic carbocycles. The van der Waals surface area contributed by atoms with E-state index >= 15 is 0 Å². The SMILES string of the molecule is O=C(NCc1ccccc1)C1(Cc2ccccc2)CCN(c2nc(O)c3cc(F)c(Cl)cc3n2)CC1. The van der Waals surface area contributed by atoms with Crippen molar-refractivity contribution < 1.29 is 14.3 Å². The van der Waals surface area contributed by atoms with Crippen LogP contribution < -0.4 is 10.2 Å². The number of anilines is 1. The number of hydrogen-bond donors (Lipinski definition) is 2. The van der Waals surface area contributed by atoms with Gasteiger partial charge in [0.2, 0.25) is 17.7 Å². The third kappa shape index (κ3) is 4.97. The molecular formula is C28H26ClFN4O2. The van der Waals surface area contributed by atoms with Gasteiger partial charge < -0.3 is 15.3 Å². The van der Waals surface area contributed by atoms with E-state index in [1.54, 1.807) is 0 Å². The number of fused-ring (bicyclic) bond motifs is 1. The minimum absolute atomic E-state index is 0.0272. The molecule has 1 aliphatic heterocycles. The molecule has 184 valence electrons. The molecule has 2 N–H and O–H groups in total. The van der Waals surface area contributed by atoms with Gasteiger partial charge in [-0.2, -0.15) is 4.98 Å². The Balaban J connectivity index is 1.37. The lowest BCUT2D eigenvalue weighted by Crippen LogP contribution is -2.50. The zero-order valence-electron chi connectivity index (χ0n) is 19.6. The second-order valence-corrected chi connectivity index (χ2v) is 9.64. The van der Waals surface area contributed by atoms with Crippen LogP contribution in [-0.4, -0.2) is 34.1 Å². The molecule has 36 heavy (non-hydrogen) atoms. The number of halogens is 2. The first-order valence-electron chi connectivity index (χ1n) is 11.9. The fourth-order valence-electron chi connectivity index (χ4n) is 4.81. The molecule has 0 saturated carbocycles. The molecule has 0 radical (unpaired) electrons. The van der Waals surface area contributed by atoms with Gasteiger partial charge in [-0.3, -0.25) is 4.79 Å². The Bertz CT molecular complexity index is 1380. The lowest BCUT2D eigenvalue weighted by atomic mass is 9.73. The molecule has 6 nitrogen and oxygen atoms in total. The lowest BCUT2D eigenvalue weighted by Gasteiger charge is -2.41. The molecule has 1 aliphatic rings. The lowest BCUT2D eigenvalue weighted by molar-refractivity contribution is -0.132. The van der Waals surface area contributed by atoms with E-state index in [-0.39, 0.29) is 22.2 Å². The van der Waals surface area contributed by atoms with E-state index in [1.807, 2.05) is 65.6 Å². The largest absolute Gasteiger partial charge is 0.493 e. The highest BCUT2D eigenvalue weighted by Gasteiger charge is 2.42. The highest BCUT2D eigenvalue weighted by molar-refractivity contribution is 6.31. The fraction of sp³-hybridized carbons (Fsp3) is 0.250. The highest BCUT2D eigenvalue weighted by atomic mass is 35.5. The standard InChI is InChI=1S/C28H26ClFN4O2/c29-22-16-24-21(15-23(22)30)25(35)33-27(32-24)34-13-11-28(12-14-34,17-19-7-3-1-4-8-19)26(36)31-18-20-9-5-2-6-10-20/h1-10,15-16H,11-14,17-18H2,(H,31,36)(H,32,33,35). The summed E-state index contributed by atoms with van der Waals surface area (Å²) in [6.07, 6.45) is 1.81. The van der Waals surface area contributed by atoms with E-state index in [9.17, 15) is 14.3 Å². The predicted octanol–water partition coefficient (Wildman–Crippen LogP) is 5.27. The maximum Gasteiger partial charge on any atom is 0.229 e. The number of hydrogen-bond acceptors (Lipinski definition) is 5. The Hall–Kier alpha value is -3.71. The zero-order chi connectivity index (χ0) is 25.1. The van der Waals surface area contributed by atoms with Gasteiger partial charge in [-0.1, -0.05) is 72.3 Å². The van der Waals surface area contributed by atoms with Crippen LogP contribution in [0, 0.1) is 11.2 Å². The third-order valence-corrected chi connectivity index (χ3v) is 7.16. The summed E-state index contributed by atoms with van der Waals surface area (Å²) in [6, 6.07) is 22.4. The van der Waals surface area contributed by atoms with Gasteiger partial charge in [0, 0.05) is 19.6 Å². The van der Waals surface area contributed by atoms with Crippen molar-refractivity contribution in [3.8, 4) is 5.88 Å². The van der Waals surface area contributed by atoms with Crippen LogP contribution in [0.4, 0.5) is 10.3 Å². The summed E-state index contributed by atoms with van der Waals surface area (Å²) in [5.74, 6) is -0.576. The number of amides is 1. The molecule has 8 heteroatoms. The monoisotopic (exact) mass is 504 g/mol. The average Bonchev–Trinajstić information content (AvgIpc) is 2.90. The van der Waals surface area contributed by atoms with Gasteiger partial charge in [-0.05, 0) is 42.5 Å². The summed E-state index contributed by atoms with van der Waals surface area (Å²) in [6.45, 7) is 1.54. The second-order valence-electron chi connectivity index (χ2n) is 9.23. The van der Waals surface area contributed by atoms with Crippen molar-refractivity contribution in [3.05, 3.63) is 94.8 Å². The summed E-state index contributed by atoms with van der Waals surface area (Å²) in [4.78, 5) is 24.3. The van der Waals surface area contributed by atoms with Crippen molar-refractivity contribution in [2.75, 3.05) is 18.0 Å². The smallest absolute Gasteiger partial charge is 0.229 e. The van der Waals surface area contributed by atoms with Gasteiger partial charge in [0.1, 0.15) is 5.82 Å². The molecule has 1 fully saturated rings. The maximum absolute atomic E-state index is 13.8. The number of aromatic hydroxyl groups is 1. The maximum atomic E-state index is 13.8. The number of aromatic nitrogens is 2. The highest BCUT2D eigenvalue weighted by Crippen LogP contribution is 2.38. The summed E-state index contributed by atoms with van der Waals surface area (Å²) >= 11 is 5.93. The van der Waals surface area contributed by atoms with Gasteiger partial charge >= 0.3 is 0 Å². The van der Waals surface area contributed by atoms with Gasteiger partial charge in [0.15, 0.2) is 0 Å². The average molecular weight is 505 g/mol. The molecule has 0 atom stereocenters. The van der Waals surface area contributed by atoms with E-state index in [2.05, 4.69) is 15.3 Å². The van der Waals surface area contributed by atoms with Gasteiger partial charge in [0.05, 0.1) is 21.3 Å². The Kier molecular flexibility index (Phi) is 6.74. The molecule has 1 aromatic heterocycles. The van der Waals surface area contributed by atoms with Gasteiger partial charge in [-0.15, -0.1) is 0 Å². The predicted molar refractivity (Wildman–Crippen MR) is 138 cm³/mol. The van der Waals surface area contributed by atoms with Crippen molar-refractivity contribution >= 4 is 34.4 Å². The number of carbonyl (C=O) groups excluding carboxylic acids is 1. The van der Waals surface area contributed by atoms with E-state index in [0.717, 1.165) is 17.2 Å². The minimum atomic E-state index is -0.638. The number of carbonyl (C=O) groups is 1. The Labute approximate surface area is 213 Å². The molecule has 5 rings (SSSR count). The number of piperidine rings is 1. The number of benzene rings is 3. The van der Waals surface area contributed by atoms with E-state index in [1.165, 1.54) is 6.07 Å². The summed E-state index contributed by atoms with van der Waals surface area (Å²) in [5.41, 5.74) is 1.94. The quantitative estimate of drug-likeness (QED) is 0.374. The molecule has 0 bridgehead atoms. The van der Waals surface area contributed by atoms with E-state index in [4.69, 9.17) is 11.6 Å². The van der Waals surface area contributed by atoms with Crippen molar-refractivity contribution in [2.24, 2.45) is 5.41 Å². The van der Waals surface area contributed by atoms with Gasteiger partial charge in [-0.25, -0.2) is 9.37 Å². The van der Waals surface area contributed by atoms with Crippen LogP contribution in [-0.2, 0) is 17.8 Å². The second kappa shape index (κ2) is 10.1. The normalized spacial score (nSPS) is 15.1. The van der Waals surface area contributed by atoms with Crippen molar-refractivity contribution in [3.63, 3.8) is 0 Å². The van der Waals surface area contributed by atoms with E-state index in [0.29, 0.717) is 50.4 Å². The Morgan fingerprint density at radius 3 is 2.31 bits per heavy atom. The molecule has 3 aromatic carbocycles. The van der Waals surface area contributed by atoms with Crippen molar-refractivity contribution in [1.29, 1.82) is 0 Å². The van der Waals surface area contributed by atoms with Crippen LogP contribution in [0.5, 0.6) is 5.88 Å². The topological polar surface area (TPSA) is 78.4 Å². The van der Waals surface area contributed by atoms with Gasteiger partial charge in [0.25, 0.3) is 0 Å². The molecule has 2 heterocycles. The van der Waals surface area contributed by atoms with Crippen LogP contribution in [0.15, 0.2) is 72.8 Å². The van der Waals surface area contributed by atoms with Crippen LogP contribution in [0.25, 0.3) is 10.9 Å². The molecule has 1 saturated heterocycles. The third-order valence-electron chi connectivity index (χ3n) is 6.87. The van der Waals surface area contributed by atoms with Crippen LogP contribution in [0.3, 0.4) is 0 Å². The molecule has 4 aromatic rings. The van der Waals surface area contributed by atoms with Crippen LogP contribution in [0.2, 0.25) is 5.02 Å².